The second-order valence-electron chi connectivity index (χ2n) is 5.21. The smallest absolute Gasteiger partial charge is 0.264 e. The van der Waals surface area contributed by atoms with Gasteiger partial charge in [0.2, 0.25) is 5.52 Å². The van der Waals surface area contributed by atoms with E-state index in [-0.39, 0.29) is 5.78 Å². The molecule has 0 spiro atoms. The molecule has 0 aliphatic carbocycles. The summed E-state index contributed by atoms with van der Waals surface area (Å²) in [6.45, 7) is 0. The predicted octanol–water partition coefficient (Wildman–Crippen LogP) is 5.00. The Bertz CT molecular complexity index is 884. The van der Waals surface area contributed by atoms with Crippen molar-refractivity contribution in [1.29, 1.82) is 0 Å². The first-order valence-corrected chi connectivity index (χ1v) is 10.6. The molecule has 0 radical (unpaired) electrons. The topological polar surface area (TPSA) is 20.9 Å². The van der Waals surface area contributed by atoms with Crippen LogP contribution in [0.4, 0.5) is 0 Å². The summed E-state index contributed by atoms with van der Waals surface area (Å²) in [5, 5.41) is 1.19. The van der Waals surface area contributed by atoms with Crippen molar-refractivity contribution < 1.29 is 9.36 Å². The van der Waals surface area contributed by atoms with E-state index >= 15 is 0 Å². The minimum Gasteiger partial charge on any atom is -0.293 e. The number of fused-ring (bicyclic) bond motifs is 1. The molecular formula is C19H18NOS3+. The molecule has 0 amide bonds. The van der Waals surface area contributed by atoms with Crippen molar-refractivity contribution in [2.24, 2.45) is 7.05 Å². The first-order chi connectivity index (χ1) is 11.7. The fourth-order valence-corrected chi connectivity index (χ4v) is 5.11. The molecule has 0 saturated heterocycles. The number of hydrogen-bond donors (Lipinski definition) is 0. The van der Waals surface area contributed by atoms with Gasteiger partial charge in [-0.1, -0.05) is 53.8 Å². The third-order valence-electron chi connectivity index (χ3n) is 3.66. The predicted molar refractivity (Wildman–Crippen MR) is 108 cm³/mol. The number of ketones is 1. The van der Waals surface area contributed by atoms with Crippen LogP contribution in [0.1, 0.15) is 15.4 Å². The SMILES string of the molecule is CS/C(=C\c1sc2ccccc2[n+]1C)SCC(=O)c1ccccc1. The maximum absolute atomic E-state index is 12.3. The maximum Gasteiger partial charge on any atom is 0.264 e. The summed E-state index contributed by atoms with van der Waals surface area (Å²) in [5.74, 6) is 0.631. The Hall–Kier alpha value is -1.56. The van der Waals surface area contributed by atoms with E-state index in [2.05, 4.69) is 48.2 Å². The van der Waals surface area contributed by atoms with Crippen molar-refractivity contribution in [1.82, 2.24) is 0 Å². The van der Waals surface area contributed by atoms with Crippen LogP contribution in [0.5, 0.6) is 0 Å². The first kappa shape index (κ1) is 17.3. The zero-order valence-corrected chi connectivity index (χ0v) is 16.0. The zero-order valence-electron chi connectivity index (χ0n) is 13.6. The molecule has 3 aromatic rings. The lowest BCUT2D eigenvalue weighted by Gasteiger charge is -2.03. The molecule has 0 aliphatic heterocycles. The fourth-order valence-electron chi connectivity index (χ4n) is 2.35. The highest BCUT2D eigenvalue weighted by molar-refractivity contribution is 8.22. The monoisotopic (exact) mass is 372 g/mol. The largest absolute Gasteiger partial charge is 0.293 e. The molecule has 1 aromatic heterocycles. The number of thioether (sulfide) groups is 2. The van der Waals surface area contributed by atoms with E-state index in [1.165, 1.54) is 15.2 Å². The van der Waals surface area contributed by atoms with Gasteiger partial charge < -0.3 is 0 Å². The van der Waals surface area contributed by atoms with Crippen molar-refractivity contribution in [3.05, 3.63) is 69.4 Å². The van der Waals surface area contributed by atoms with E-state index < -0.39 is 0 Å². The van der Waals surface area contributed by atoms with Crippen molar-refractivity contribution in [3.63, 3.8) is 0 Å². The van der Waals surface area contributed by atoms with E-state index in [0.29, 0.717) is 5.75 Å². The second kappa shape index (κ2) is 8.01. The Morgan fingerprint density at radius 2 is 1.83 bits per heavy atom. The second-order valence-corrected chi connectivity index (χ2v) is 8.40. The molecule has 0 fully saturated rings. The normalized spacial score (nSPS) is 11.8. The molecule has 0 N–H and O–H groups in total. The molecule has 0 saturated carbocycles. The van der Waals surface area contributed by atoms with Gasteiger partial charge in [-0.3, -0.25) is 4.79 Å². The van der Waals surface area contributed by atoms with Crippen LogP contribution >= 0.6 is 34.9 Å². The van der Waals surface area contributed by atoms with Gasteiger partial charge in [-0.25, -0.2) is 0 Å². The van der Waals surface area contributed by atoms with Crippen molar-refractivity contribution >= 4 is 56.9 Å². The third kappa shape index (κ3) is 3.91. The van der Waals surface area contributed by atoms with E-state index in [9.17, 15) is 4.79 Å². The van der Waals surface area contributed by atoms with E-state index in [0.717, 1.165) is 9.80 Å². The molecule has 2 nitrogen and oxygen atoms in total. The molecule has 24 heavy (non-hydrogen) atoms. The van der Waals surface area contributed by atoms with Crippen LogP contribution in [0.2, 0.25) is 0 Å². The maximum atomic E-state index is 12.3. The number of nitrogens with zero attached hydrogens (tertiary/aromatic N) is 1. The molecule has 0 unspecified atom stereocenters. The Balaban J connectivity index is 1.76. The summed E-state index contributed by atoms with van der Waals surface area (Å²) in [4.78, 5) is 12.3. The van der Waals surface area contributed by atoms with Crippen molar-refractivity contribution in [2.45, 2.75) is 0 Å². The molecule has 0 bridgehead atoms. The lowest BCUT2D eigenvalue weighted by atomic mass is 10.2. The molecular weight excluding hydrogens is 354 g/mol. The van der Waals surface area contributed by atoms with Gasteiger partial charge in [0.25, 0.3) is 5.01 Å². The van der Waals surface area contributed by atoms with Crippen LogP contribution in [0, 0.1) is 0 Å². The number of carbonyl (C=O) groups excluding carboxylic acids is 1. The van der Waals surface area contributed by atoms with Crippen molar-refractivity contribution in [2.75, 3.05) is 12.0 Å². The molecule has 122 valence electrons. The van der Waals surface area contributed by atoms with Crippen LogP contribution in [0.25, 0.3) is 16.3 Å². The van der Waals surface area contributed by atoms with E-state index in [4.69, 9.17) is 0 Å². The molecule has 1 heterocycles. The number of carbonyl (C=O) groups is 1. The molecule has 0 aliphatic rings. The van der Waals surface area contributed by atoms with Crippen LogP contribution in [-0.4, -0.2) is 17.8 Å². The molecule has 5 heteroatoms. The zero-order chi connectivity index (χ0) is 16.9. The third-order valence-corrected chi connectivity index (χ3v) is 7.00. The average molecular weight is 373 g/mol. The summed E-state index contributed by atoms with van der Waals surface area (Å²) in [6.07, 6.45) is 4.23. The van der Waals surface area contributed by atoms with Gasteiger partial charge in [0, 0.05) is 21.9 Å². The van der Waals surface area contributed by atoms with Gasteiger partial charge in [0.1, 0.15) is 11.7 Å². The number of aryl methyl sites for hydroxylation is 1. The summed E-state index contributed by atoms with van der Waals surface area (Å²) >= 11 is 5.06. The number of para-hydroxylation sites is 1. The van der Waals surface area contributed by atoms with Gasteiger partial charge in [-0.2, -0.15) is 4.57 Å². The summed E-state index contributed by atoms with van der Waals surface area (Å²) in [5.41, 5.74) is 2.01. The number of thiazole rings is 1. The Kier molecular flexibility index (Phi) is 5.76. The first-order valence-electron chi connectivity index (χ1n) is 7.53. The molecule has 3 rings (SSSR count). The summed E-state index contributed by atoms with van der Waals surface area (Å²) in [6, 6.07) is 17.9. The Morgan fingerprint density at radius 3 is 2.54 bits per heavy atom. The fraction of sp³-hybridized carbons (Fsp3) is 0.158. The van der Waals surface area contributed by atoms with Gasteiger partial charge >= 0.3 is 0 Å². The summed E-state index contributed by atoms with van der Waals surface area (Å²) in [7, 11) is 2.09. The quantitative estimate of drug-likeness (QED) is 0.449. The lowest BCUT2D eigenvalue weighted by molar-refractivity contribution is -0.642. The average Bonchev–Trinajstić information content (AvgIpc) is 2.95. The van der Waals surface area contributed by atoms with Crippen LogP contribution in [0.15, 0.2) is 58.8 Å². The minimum absolute atomic E-state index is 0.168. The lowest BCUT2D eigenvalue weighted by Crippen LogP contribution is -2.28. The van der Waals surface area contributed by atoms with Gasteiger partial charge in [-0.15, -0.1) is 23.5 Å². The van der Waals surface area contributed by atoms with Crippen LogP contribution in [-0.2, 0) is 7.05 Å². The van der Waals surface area contributed by atoms with Crippen LogP contribution < -0.4 is 4.57 Å². The van der Waals surface area contributed by atoms with Gasteiger partial charge in [-0.05, 0) is 12.3 Å². The Morgan fingerprint density at radius 1 is 1.12 bits per heavy atom. The van der Waals surface area contributed by atoms with Crippen molar-refractivity contribution in [3.8, 4) is 0 Å². The number of benzene rings is 2. The van der Waals surface area contributed by atoms with E-state index in [1.807, 2.05) is 30.3 Å². The molecule has 2 aromatic carbocycles. The highest BCUT2D eigenvalue weighted by Crippen LogP contribution is 2.31. The highest BCUT2D eigenvalue weighted by Gasteiger charge is 2.15. The highest BCUT2D eigenvalue weighted by atomic mass is 32.2. The summed E-state index contributed by atoms with van der Waals surface area (Å²) < 4.78 is 4.63. The van der Waals surface area contributed by atoms with E-state index in [1.54, 1.807) is 34.9 Å². The number of rotatable bonds is 6. The minimum atomic E-state index is 0.168. The molecule has 0 atom stereocenters. The van der Waals surface area contributed by atoms with Gasteiger partial charge in [0.05, 0.1) is 5.75 Å². The van der Waals surface area contributed by atoms with Crippen LogP contribution in [0.3, 0.4) is 0 Å². The van der Waals surface area contributed by atoms with Gasteiger partial charge in [0.15, 0.2) is 5.78 Å². The Labute approximate surface area is 154 Å². The standard InChI is InChI=1S/C19H18NOS3/c1-20-15-10-6-7-11-17(15)24-18(20)12-19(22-2)23-13-16(21)14-8-4-3-5-9-14/h3-12H,13H2,1-2H3/q+1/b19-12+. The number of aromatic nitrogens is 1. The number of hydrogen-bond acceptors (Lipinski definition) is 4. The number of Topliss-reactive ketones (excluding diaryl/α,β-unsaturated/α-hetero) is 1.